The highest BCUT2D eigenvalue weighted by atomic mass is 32.1. The molecule has 144 valence electrons. The van der Waals surface area contributed by atoms with Crippen LogP contribution in [0.1, 0.15) is 28.8 Å². The van der Waals surface area contributed by atoms with Crippen LogP contribution in [0, 0.1) is 5.82 Å². The first-order valence-electron chi connectivity index (χ1n) is 8.40. The zero-order valence-corrected chi connectivity index (χ0v) is 15.8. The van der Waals surface area contributed by atoms with Crippen LogP contribution in [0.3, 0.4) is 0 Å². The fraction of sp³-hybridized carbons (Fsp3) is 0.316. The number of halogens is 1. The summed E-state index contributed by atoms with van der Waals surface area (Å²) < 4.78 is 17.8. The van der Waals surface area contributed by atoms with Crippen LogP contribution in [0.25, 0.3) is 0 Å². The number of ether oxygens (including phenoxy) is 1. The zero-order chi connectivity index (χ0) is 19.6. The molecule has 6 nitrogen and oxygen atoms in total. The van der Waals surface area contributed by atoms with Gasteiger partial charge in [-0.05, 0) is 35.6 Å². The highest BCUT2D eigenvalue weighted by molar-refractivity contribution is 7.08. The van der Waals surface area contributed by atoms with Gasteiger partial charge >= 0.3 is 5.97 Å². The molecule has 2 rings (SSSR count). The van der Waals surface area contributed by atoms with E-state index in [-0.39, 0.29) is 30.7 Å². The Bertz CT molecular complexity index is 763. The topological polar surface area (TPSA) is 75.7 Å². The molecule has 27 heavy (non-hydrogen) atoms. The molecule has 0 aliphatic rings. The molecule has 0 spiro atoms. The van der Waals surface area contributed by atoms with Gasteiger partial charge in [0.2, 0.25) is 0 Å². The quantitative estimate of drug-likeness (QED) is 0.526. The number of esters is 1. The third kappa shape index (κ3) is 7.18. The van der Waals surface area contributed by atoms with E-state index in [1.165, 1.54) is 28.4 Å². The molecule has 8 heteroatoms. The van der Waals surface area contributed by atoms with Crippen LogP contribution in [0.2, 0.25) is 0 Å². The van der Waals surface area contributed by atoms with E-state index in [9.17, 15) is 18.8 Å². The number of hydrogen-bond acceptors (Lipinski definition) is 5. The summed E-state index contributed by atoms with van der Waals surface area (Å²) in [4.78, 5) is 36.8. The molecule has 0 atom stereocenters. The Morgan fingerprint density at radius 1 is 1.19 bits per heavy atom. The number of carbonyl (C=O) groups excluding carboxylic acids is 3. The van der Waals surface area contributed by atoms with Gasteiger partial charge in [-0.1, -0.05) is 12.1 Å². The van der Waals surface area contributed by atoms with Crippen LogP contribution in [0.5, 0.6) is 0 Å². The van der Waals surface area contributed by atoms with Gasteiger partial charge in [0.05, 0.1) is 0 Å². The average molecular weight is 392 g/mol. The Kier molecular flexibility index (Phi) is 7.94. The maximum Gasteiger partial charge on any atom is 0.306 e. The molecule has 2 amide bonds. The molecule has 0 saturated heterocycles. The number of thiophene rings is 1. The summed E-state index contributed by atoms with van der Waals surface area (Å²) in [5, 5.41) is 6.28. The summed E-state index contributed by atoms with van der Waals surface area (Å²) in [5.41, 5.74) is 1.37. The van der Waals surface area contributed by atoms with Crippen molar-refractivity contribution in [2.75, 3.05) is 20.2 Å². The van der Waals surface area contributed by atoms with Crippen molar-refractivity contribution in [2.45, 2.75) is 19.4 Å². The van der Waals surface area contributed by atoms with Gasteiger partial charge in [0, 0.05) is 37.5 Å². The number of nitrogens with one attached hydrogen (secondary N) is 1. The molecular formula is C19H21FN2O4S. The standard InChI is InChI=1S/C19H21FN2O4S/c1-22(11-14-4-6-16(20)7-5-14)17(23)12-26-18(24)3-2-9-21-19(25)15-8-10-27-13-15/h4-8,10,13H,2-3,9,11-12H2,1H3,(H,21,25). The highest BCUT2D eigenvalue weighted by Crippen LogP contribution is 2.07. The maximum atomic E-state index is 12.9. The Labute approximate surface area is 160 Å². The van der Waals surface area contributed by atoms with Crippen molar-refractivity contribution in [3.8, 4) is 0 Å². The van der Waals surface area contributed by atoms with Gasteiger partial charge in [0.15, 0.2) is 6.61 Å². The molecular weight excluding hydrogens is 371 g/mol. The van der Waals surface area contributed by atoms with E-state index in [0.29, 0.717) is 25.1 Å². The number of rotatable bonds is 9. The van der Waals surface area contributed by atoms with Crippen molar-refractivity contribution in [1.29, 1.82) is 0 Å². The highest BCUT2D eigenvalue weighted by Gasteiger charge is 2.13. The van der Waals surface area contributed by atoms with E-state index in [1.54, 1.807) is 30.6 Å². The van der Waals surface area contributed by atoms with E-state index in [0.717, 1.165) is 5.56 Å². The normalized spacial score (nSPS) is 10.3. The Balaban J connectivity index is 1.60. The van der Waals surface area contributed by atoms with Crippen molar-refractivity contribution in [2.24, 2.45) is 0 Å². The van der Waals surface area contributed by atoms with Crippen LogP contribution < -0.4 is 5.32 Å². The minimum atomic E-state index is -0.497. The number of likely N-dealkylation sites (N-methyl/N-ethyl adjacent to an activating group) is 1. The molecule has 0 radical (unpaired) electrons. The molecule has 0 fully saturated rings. The smallest absolute Gasteiger partial charge is 0.306 e. The van der Waals surface area contributed by atoms with E-state index in [1.807, 2.05) is 5.38 Å². The fourth-order valence-electron chi connectivity index (χ4n) is 2.21. The third-order valence-corrected chi connectivity index (χ3v) is 4.43. The molecule has 1 aromatic heterocycles. The number of benzene rings is 1. The van der Waals surface area contributed by atoms with E-state index in [4.69, 9.17) is 4.74 Å². The summed E-state index contributed by atoms with van der Waals surface area (Å²) in [6, 6.07) is 7.56. The summed E-state index contributed by atoms with van der Waals surface area (Å²) in [7, 11) is 1.58. The van der Waals surface area contributed by atoms with Crippen LogP contribution in [-0.4, -0.2) is 42.9 Å². The van der Waals surface area contributed by atoms with Gasteiger partial charge in [-0.25, -0.2) is 4.39 Å². The van der Waals surface area contributed by atoms with E-state index >= 15 is 0 Å². The first kappa shape index (κ1) is 20.6. The van der Waals surface area contributed by atoms with Crippen molar-refractivity contribution < 1.29 is 23.5 Å². The lowest BCUT2D eigenvalue weighted by atomic mass is 10.2. The molecule has 0 aliphatic carbocycles. The predicted octanol–water partition coefficient (Wildman–Crippen LogP) is 2.60. The molecule has 0 saturated carbocycles. The summed E-state index contributed by atoms with van der Waals surface area (Å²) >= 11 is 1.44. The second kappa shape index (κ2) is 10.4. The van der Waals surface area contributed by atoms with Crippen LogP contribution in [0.15, 0.2) is 41.1 Å². The number of nitrogens with zero attached hydrogens (tertiary/aromatic N) is 1. The SMILES string of the molecule is CN(Cc1ccc(F)cc1)C(=O)COC(=O)CCCNC(=O)c1ccsc1. The molecule has 0 bridgehead atoms. The van der Waals surface area contributed by atoms with Gasteiger partial charge in [0.1, 0.15) is 5.82 Å². The second-order valence-electron chi connectivity index (χ2n) is 5.91. The van der Waals surface area contributed by atoms with Gasteiger partial charge in [-0.3, -0.25) is 14.4 Å². The van der Waals surface area contributed by atoms with Crippen molar-refractivity contribution in [1.82, 2.24) is 10.2 Å². The summed E-state index contributed by atoms with van der Waals surface area (Å²) in [6.45, 7) is 0.297. The fourth-order valence-corrected chi connectivity index (χ4v) is 2.84. The van der Waals surface area contributed by atoms with Gasteiger partial charge < -0.3 is 15.0 Å². The lowest BCUT2D eigenvalue weighted by molar-refractivity contribution is -0.151. The van der Waals surface area contributed by atoms with Crippen molar-refractivity contribution in [3.63, 3.8) is 0 Å². The lowest BCUT2D eigenvalue weighted by Crippen LogP contribution is -2.31. The molecule has 0 unspecified atom stereocenters. The first-order valence-corrected chi connectivity index (χ1v) is 9.34. The van der Waals surface area contributed by atoms with Gasteiger partial charge in [-0.15, -0.1) is 0 Å². The van der Waals surface area contributed by atoms with Crippen LogP contribution >= 0.6 is 11.3 Å². The second-order valence-corrected chi connectivity index (χ2v) is 6.69. The molecule has 2 aromatic rings. The molecule has 0 aliphatic heterocycles. The van der Waals surface area contributed by atoms with E-state index in [2.05, 4.69) is 5.32 Å². The number of carbonyl (C=O) groups is 3. The minimum absolute atomic E-state index is 0.110. The molecule has 1 heterocycles. The van der Waals surface area contributed by atoms with Crippen LogP contribution in [0.4, 0.5) is 4.39 Å². The Morgan fingerprint density at radius 2 is 1.93 bits per heavy atom. The third-order valence-electron chi connectivity index (χ3n) is 3.74. The lowest BCUT2D eigenvalue weighted by Gasteiger charge is -2.17. The Morgan fingerprint density at radius 3 is 2.59 bits per heavy atom. The molecule has 1 aromatic carbocycles. The van der Waals surface area contributed by atoms with Crippen LogP contribution in [-0.2, 0) is 20.9 Å². The van der Waals surface area contributed by atoms with Gasteiger partial charge in [0.25, 0.3) is 11.8 Å². The van der Waals surface area contributed by atoms with E-state index < -0.39 is 5.97 Å². The maximum absolute atomic E-state index is 12.9. The summed E-state index contributed by atoms with van der Waals surface area (Å²) in [5.74, 6) is -1.36. The largest absolute Gasteiger partial charge is 0.456 e. The van der Waals surface area contributed by atoms with Gasteiger partial charge in [-0.2, -0.15) is 11.3 Å². The monoisotopic (exact) mass is 392 g/mol. The van der Waals surface area contributed by atoms with Crippen molar-refractivity contribution in [3.05, 3.63) is 58.0 Å². The zero-order valence-electron chi connectivity index (χ0n) is 14.9. The predicted molar refractivity (Wildman–Crippen MR) is 99.7 cm³/mol. The summed E-state index contributed by atoms with van der Waals surface area (Å²) in [6.07, 6.45) is 0.535. The van der Waals surface area contributed by atoms with Crippen molar-refractivity contribution >= 4 is 29.1 Å². The number of hydrogen-bond donors (Lipinski definition) is 1. The average Bonchev–Trinajstić information content (AvgIpc) is 3.19. The molecule has 1 N–H and O–H groups in total. The minimum Gasteiger partial charge on any atom is -0.456 e. The number of amides is 2. The Hall–Kier alpha value is -2.74. The first-order chi connectivity index (χ1) is 13.0.